The topological polar surface area (TPSA) is 73.6 Å². The van der Waals surface area contributed by atoms with E-state index in [1.807, 2.05) is 18.2 Å². The lowest BCUT2D eigenvalue weighted by atomic mass is 9.98. The van der Waals surface area contributed by atoms with Crippen molar-refractivity contribution in [1.29, 1.82) is 5.26 Å². The molecular weight excluding hydrogens is 391 g/mol. The van der Waals surface area contributed by atoms with Crippen molar-refractivity contribution in [3.8, 4) is 6.07 Å². The number of anilines is 4. The summed E-state index contributed by atoms with van der Waals surface area (Å²) in [6.45, 7) is 4.11. The summed E-state index contributed by atoms with van der Waals surface area (Å²) >= 11 is 0. The number of hydrogen-bond donors (Lipinski definition) is 2. The molecule has 0 fully saturated rings. The summed E-state index contributed by atoms with van der Waals surface area (Å²) in [7, 11) is 0. The molecule has 1 heterocycles. The van der Waals surface area contributed by atoms with Crippen molar-refractivity contribution < 1.29 is 13.2 Å². The zero-order valence-corrected chi connectivity index (χ0v) is 16.5. The molecule has 0 spiro atoms. The van der Waals surface area contributed by atoms with Gasteiger partial charge in [0.2, 0.25) is 5.95 Å². The predicted octanol–water partition coefficient (Wildman–Crippen LogP) is 6.37. The quantitative estimate of drug-likeness (QED) is 0.493. The molecule has 0 amide bonds. The van der Waals surface area contributed by atoms with E-state index < -0.39 is 11.7 Å². The van der Waals surface area contributed by atoms with E-state index in [2.05, 4.69) is 34.4 Å². The average Bonchev–Trinajstić information content (AvgIpc) is 2.73. The van der Waals surface area contributed by atoms with Crippen LogP contribution < -0.4 is 10.6 Å². The first-order chi connectivity index (χ1) is 14.3. The van der Waals surface area contributed by atoms with Crippen LogP contribution in [0.4, 0.5) is 36.3 Å². The van der Waals surface area contributed by atoms with E-state index in [1.165, 1.54) is 0 Å². The third-order valence-corrected chi connectivity index (χ3v) is 4.70. The zero-order chi connectivity index (χ0) is 21.7. The molecule has 3 aromatic rings. The number of nitrogens with zero attached hydrogens (tertiary/aromatic N) is 3. The van der Waals surface area contributed by atoms with Crippen LogP contribution in [0.2, 0.25) is 0 Å². The van der Waals surface area contributed by atoms with Crippen molar-refractivity contribution in [1.82, 2.24) is 9.97 Å². The van der Waals surface area contributed by atoms with Crippen LogP contribution in [0.25, 0.3) is 0 Å². The van der Waals surface area contributed by atoms with E-state index in [4.69, 9.17) is 5.26 Å². The van der Waals surface area contributed by atoms with E-state index in [9.17, 15) is 13.2 Å². The van der Waals surface area contributed by atoms with Crippen molar-refractivity contribution in [3.63, 3.8) is 0 Å². The molecule has 0 radical (unpaired) electrons. The molecule has 1 unspecified atom stereocenters. The number of hydrogen-bond acceptors (Lipinski definition) is 5. The number of halogens is 3. The van der Waals surface area contributed by atoms with Crippen LogP contribution in [-0.2, 0) is 6.18 Å². The van der Waals surface area contributed by atoms with E-state index in [1.54, 1.807) is 36.4 Å². The molecule has 0 saturated heterocycles. The molecule has 0 aliphatic heterocycles. The van der Waals surface area contributed by atoms with Gasteiger partial charge in [-0.2, -0.15) is 23.4 Å². The largest absolute Gasteiger partial charge is 0.421 e. The summed E-state index contributed by atoms with van der Waals surface area (Å²) in [6.07, 6.45) is -2.94. The Bertz CT molecular complexity index is 1060. The summed E-state index contributed by atoms with van der Waals surface area (Å²) < 4.78 is 40.5. The summed E-state index contributed by atoms with van der Waals surface area (Å²) in [5.41, 5.74) is 1.61. The summed E-state index contributed by atoms with van der Waals surface area (Å²) in [5, 5.41) is 14.5. The van der Waals surface area contributed by atoms with Crippen molar-refractivity contribution in [3.05, 3.63) is 71.4 Å². The number of nitrogens with one attached hydrogen (secondary N) is 2. The molecular formula is C22H20F3N5. The molecule has 5 nitrogen and oxygen atoms in total. The highest BCUT2D eigenvalue weighted by Crippen LogP contribution is 2.35. The van der Waals surface area contributed by atoms with E-state index in [-0.39, 0.29) is 17.7 Å². The van der Waals surface area contributed by atoms with Crippen LogP contribution in [0.3, 0.4) is 0 Å². The Morgan fingerprint density at radius 3 is 2.43 bits per heavy atom. The highest BCUT2D eigenvalue weighted by Gasteiger charge is 2.35. The first kappa shape index (κ1) is 21.1. The lowest BCUT2D eigenvalue weighted by molar-refractivity contribution is -0.137. The Kier molecular flexibility index (Phi) is 6.21. The molecule has 1 atom stereocenters. The summed E-state index contributed by atoms with van der Waals surface area (Å²) in [4.78, 5) is 7.85. The maximum atomic E-state index is 13.5. The van der Waals surface area contributed by atoms with Gasteiger partial charge in [0, 0.05) is 17.6 Å². The monoisotopic (exact) mass is 411 g/mol. The third kappa shape index (κ3) is 5.06. The fourth-order valence-corrected chi connectivity index (χ4v) is 2.80. The number of nitriles is 1. The maximum absolute atomic E-state index is 13.5. The number of aromatic nitrogens is 2. The van der Waals surface area contributed by atoms with Gasteiger partial charge in [0.05, 0.1) is 11.6 Å². The fraction of sp³-hybridized carbons (Fsp3) is 0.227. The summed E-state index contributed by atoms with van der Waals surface area (Å²) in [6, 6.07) is 15.7. The lowest BCUT2D eigenvalue weighted by Crippen LogP contribution is -2.12. The Balaban J connectivity index is 1.93. The predicted molar refractivity (Wildman–Crippen MR) is 110 cm³/mol. The van der Waals surface area contributed by atoms with Crippen molar-refractivity contribution >= 4 is 23.1 Å². The van der Waals surface area contributed by atoms with Gasteiger partial charge in [-0.3, -0.25) is 0 Å². The first-order valence-electron chi connectivity index (χ1n) is 9.38. The second kappa shape index (κ2) is 8.82. The second-order valence-electron chi connectivity index (χ2n) is 6.83. The molecule has 0 saturated carbocycles. The Morgan fingerprint density at radius 1 is 1.07 bits per heavy atom. The van der Waals surface area contributed by atoms with Crippen LogP contribution in [0.15, 0.2) is 54.7 Å². The Labute approximate surface area is 172 Å². The van der Waals surface area contributed by atoms with E-state index in [0.29, 0.717) is 16.9 Å². The third-order valence-electron chi connectivity index (χ3n) is 4.70. The smallest absolute Gasteiger partial charge is 0.340 e. The van der Waals surface area contributed by atoms with E-state index >= 15 is 0 Å². The van der Waals surface area contributed by atoms with Crippen LogP contribution in [-0.4, -0.2) is 9.97 Å². The highest BCUT2D eigenvalue weighted by molar-refractivity contribution is 5.63. The molecule has 154 valence electrons. The molecule has 3 rings (SSSR count). The molecule has 0 aliphatic carbocycles. The van der Waals surface area contributed by atoms with Gasteiger partial charge in [-0.1, -0.05) is 26.0 Å². The second-order valence-corrected chi connectivity index (χ2v) is 6.83. The SMILES string of the molecule is CCC(C)c1cccc(Nc2nc(Nc3ccc(C#N)cc3)ncc2C(F)(F)F)c1. The molecule has 0 bridgehead atoms. The van der Waals surface area contributed by atoms with E-state index in [0.717, 1.165) is 18.2 Å². The van der Waals surface area contributed by atoms with Gasteiger partial charge in [-0.05, 0) is 54.3 Å². The fourth-order valence-electron chi connectivity index (χ4n) is 2.80. The molecule has 30 heavy (non-hydrogen) atoms. The Hall–Kier alpha value is -3.60. The number of alkyl halides is 3. The van der Waals surface area contributed by atoms with Crippen LogP contribution in [0.5, 0.6) is 0 Å². The van der Waals surface area contributed by atoms with Gasteiger partial charge in [0.15, 0.2) is 0 Å². The minimum Gasteiger partial charge on any atom is -0.340 e. The number of benzene rings is 2. The molecule has 0 aliphatic rings. The molecule has 2 N–H and O–H groups in total. The lowest BCUT2D eigenvalue weighted by Gasteiger charge is -2.16. The van der Waals surface area contributed by atoms with Gasteiger partial charge >= 0.3 is 6.18 Å². The molecule has 8 heteroatoms. The molecule has 1 aromatic heterocycles. The van der Waals surface area contributed by atoms with Crippen molar-refractivity contribution in [2.45, 2.75) is 32.4 Å². The van der Waals surface area contributed by atoms with Crippen LogP contribution in [0, 0.1) is 11.3 Å². The molecule has 2 aromatic carbocycles. The standard InChI is InChI=1S/C22H20F3N5/c1-3-14(2)16-5-4-6-18(11-16)28-20-19(22(23,24)25)13-27-21(30-20)29-17-9-7-15(12-26)8-10-17/h4-11,13-14H,3H2,1-2H3,(H2,27,28,29,30). The van der Waals surface area contributed by atoms with Gasteiger partial charge in [-0.15, -0.1) is 0 Å². The van der Waals surface area contributed by atoms with Crippen LogP contribution in [0.1, 0.15) is 42.9 Å². The average molecular weight is 411 g/mol. The highest BCUT2D eigenvalue weighted by atomic mass is 19.4. The minimum atomic E-state index is -4.61. The Morgan fingerprint density at radius 2 is 1.80 bits per heavy atom. The minimum absolute atomic E-state index is 0.00767. The van der Waals surface area contributed by atoms with Gasteiger partial charge < -0.3 is 10.6 Å². The number of rotatable bonds is 6. The van der Waals surface area contributed by atoms with Gasteiger partial charge in [0.25, 0.3) is 0 Å². The van der Waals surface area contributed by atoms with Crippen molar-refractivity contribution in [2.24, 2.45) is 0 Å². The normalized spacial score (nSPS) is 12.1. The summed E-state index contributed by atoms with van der Waals surface area (Å²) in [5.74, 6) is -0.0453. The van der Waals surface area contributed by atoms with Crippen LogP contribution >= 0.6 is 0 Å². The zero-order valence-electron chi connectivity index (χ0n) is 16.5. The van der Waals surface area contributed by atoms with Gasteiger partial charge in [0.1, 0.15) is 11.4 Å². The first-order valence-corrected chi connectivity index (χ1v) is 9.38. The maximum Gasteiger partial charge on any atom is 0.421 e. The van der Waals surface area contributed by atoms with Crippen molar-refractivity contribution in [2.75, 3.05) is 10.6 Å². The van der Waals surface area contributed by atoms with Gasteiger partial charge in [-0.25, -0.2) is 4.98 Å².